The van der Waals surface area contributed by atoms with E-state index >= 15 is 0 Å². The van der Waals surface area contributed by atoms with E-state index in [9.17, 15) is 0 Å². The van der Waals surface area contributed by atoms with Crippen LogP contribution in [0.1, 0.15) is 22.6 Å². The van der Waals surface area contributed by atoms with E-state index in [0.717, 1.165) is 38.6 Å². The van der Waals surface area contributed by atoms with Crippen molar-refractivity contribution < 1.29 is 4.42 Å². The van der Waals surface area contributed by atoms with Gasteiger partial charge in [-0.3, -0.25) is 0 Å². The van der Waals surface area contributed by atoms with Crippen molar-refractivity contribution in [2.45, 2.75) is 5.92 Å². The van der Waals surface area contributed by atoms with Crippen LogP contribution >= 0.6 is 0 Å². The summed E-state index contributed by atoms with van der Waals surface area (Å²) in [5.41, 5.74) is 11.0. The predicted molar refractivity (Wildman–Crippen MR) is 176 cm³/mol. The van der Waals surface area contributed by atoms with Crippen LogP contribution < -0.4 is 0 Å². The van der Waals surface area contributed by atoms with Crippen LogP contribution in [0.2, 0.25) is 0 Å². The molecule has 206 valence electrons. The van der Waals surface area contributed by atoms with Crippen LogP contribution in [0.4, 0.5) is 0 Å². The Labute approximate surface area is 254 Å². The summed E-state index contributed by atoms with van der Waals surface area (Å²) in [7, 11) is 0. The quantitative estimate of drug-likeness (QED) is 0.214. The fraction of sp³-hybridized carbons (Fsp3) is 0.0250. The van der Waals surface area contributed by atoms with Crippen molar-refractivity contribution in [3.05, 3.63) is 162 Å². The smallest absolute Gasteiger partial charge is 0.164 e. The van der Waals surface area contributed by atoms with Gasteiger partial charge >= 0.3 is 0 Å². The maximum atomic E-state index is 6.43. The number of hydrogen-bond donors (Lipinski definition) is 0. The number of hydrogen-bond acceptors (Lipinski definition) is 4. The third-order valence-electron chi connectivity index (χ3n) is 8.63. The standard InChI is InChI=1S/C40H25N3O/c1-3-12-25(13-4-1)38-41-39(26-14-5-2-6-15-26)43-40(42-38)32-20-11-21-35-37(32)33-24-27(22-23-34(33)44-35)36-30-18-9-7-16-28(30)29-17-8-10-19-31(29)36/h1-24,36H. The zero-order chi connectivity index (χ0) is 29.0. The molecule has 0 fully saturated rings. The third kappa shape index (κ3) is 3.89. The first kappa shape index (κ1) is 24.7. The molecular weight excluding hydrogens is 538 g/mol. The molecule has 0 saturated carbocycles. The van der Waals surface area contributed by atoms with Gasteiger partial charge in [0, 0.05) is 33.4 Å². The van der Waals surface area contributed by atoms with Gasteiger partial charge in [0.05, 0.1) is 0 Å². The number of aromatic nitrogens is 3. The summed E-state index contributed by atoms with van der Waals surface area (Å²) in [5, 5.41) is 2.06. The highest BCUT2D eigenvalue weighted by molar-refractivity contribution is 6.12. The first-order valence-corrected chi connectivity index (χ1v) is 14.8. The molecule has 2 aromatic heterocycles. The number of fused-ring (bicyclic) bond motifs is 6. The molecule has 0 aliphatic heterocycles. The molecule has 0 radical (unpaired) electrons. The second-order valence-corrected chi connectivity index (χ2v) is 11.2. The Hall–Kier alpha value is -5.87. The van der Waals surface area contributed by atoms with Gasteiger partial charge in [0.15, 0.2) is 17.5 Å². The molecule has 8 aromatic rings. The molecule has 44 heavy (non-hydrogen) atoms. The van der Waals surface area contributed by atoms with Gasteiger partial charge in [-0.1, -0.05) is 127 Å². The maximum absolute atomic E-state index is 6.43. The van der Waals surface area contributed by atoms with Crippen molar-refractivity contribution in [1.82, 2.24) is 15.0 Å². The molecule has 4 heteroatoms. The molecule has 0 atom stereocenters. The van der Waals surface area contributed by atoms with Crippen molar-refractivity contribution >= 4 is 21.9 Å². The van der Waals surface area contributed by atoms with Crippen LogP contribution in [-0.2, 0) is 0 Å². The van der Waals surface area contributed by atoms with E-state index < -0.39 is 0 Å². The Morgan fingerprint density at radius 3 is 1.61 bits per heavy atom. The van der Waals surface area contributed by atoms with Gasteiger partial charge in [-0.25, -0.2) is 15.0 Å². The van der Waals surface area contributed by atoms with Crippen molar-refractivity contribution in [2.24, 2.45) is 0 Å². The summed E-state index contributed by atoms with van der Waals surface area (Å²) < 4.78 is 6.43. The molecule has 4 nitrogen and oxygen atoms in total. The van der Waals surface area contributed by atoms with E-state index in [4.69, 9.17) is 19.4 Å². The normalized spacial score (nSPS) is 12.5. The SMILES string of the molecule is c1ccc(-c2nc(-c3ccccc3)nc(-c3cccc4oc5ccc(C6c7ccccc7-c7ccccc76)cc5c34)n2)cc1. The Morgan fingerprint density at radius 2 is 0.977 bits per heavy atom. The van der Waals surface area contributed by atoms with E-state index in [1.165, 1.54) is 27.8 Å². The van der Waals surface area contributed by atoms with Gasteiger partial charge in [0.2, 0.25) is 0 Å². The summed E-state index contributed by atoms with van der Waals surface area (Å²) in [6, 6.07) is 50.4. The van der Waals surface area contributed by atoms with Crippen LogP contribution in [0.5, 0.6) is 0 Å². The highest BCUT2D eigenvalue weighted by Gasteiger charge is 2.30. The lowest BCUT2D eigenvalue weighted by Gasteiger charge is -2.14. The summed E-state index contributed by atoms with van der Waals surface area (Å²) in [6.07, 6.45) is 0. The number of nitrogens with zero attached hydrogens (tertiary/aromatic N) is 3. The van der Waals surface area contributed by atoms with Gasteiger partial charge in [-0.2, -0.15) is 0 Å². The lowest BCUT2D eigenvalue weighted by atomic mass is 9.88. The van der Waals surface area contributed by atoms with Crippen LogP contribution in [0.15, 0.2) is 150 Å². The molecule has 9 rings (SSSR count). The van der Waals surface area contributed by atoms with E-state index in [1.807, 2.05) is 72.8 Å². The summed E-state index contributed by atoms with van der Waals surface area (Å²) in [4.78, 5) is 15.0. The number of benzene rings is 6. The predicted octanol–water partition coefficient (Wildman–Crippen LogP) is 9.93. The third-order valence-corrected chi connectivity index (χ3v) is 8.63. The van der Waals surface area contributed by atoms with Gasteiger partial charge in [0.1, 0.15) is 11.2 Å². The fourth-order valence-electron chi connectivity index (χ4n) is 6.65. The average molecular weight is 564 g/mol. The monoisotopic (exact) mass is 563 g/mol. The average Bonchev–Trinajstić information content (AvgIpc) is 3.64. The van der Waals surface area contributed by atoms with E-state index in [0.29, 0.717) is 17.5 Å². The molecule has 0 spiro atoms. The van der Waals surface area contributed by atoms with Gasteiger partial charge in [-0.05, 0) is 46.0 Å². The maximum Gasteiger partial charge on any atom is 0.164 e. The fourth-order valence-corrected chi connectivity index (χ4v) is 6.65. The van der Waals surface area contributed by atoms with Crippen LogP contribution in [0, 0.1) is 0 Å². The minimum Gasteiger partial charge on any atom is -0.456 e. The molecule has 0 amide bonds. The van der Waals surface area contributed by atoms with Gasteiger partial charge < -0.3 is 4.42 Å². The number of rotatable bonds is 4. The minimum absolute atomic E-state index is 0.149. The molecular formula is C40H25N3O. The lowest BCUT2D eigenvalue weighted by molar-refractivity contribution is 0.668. The molecule has 2 heterocycles. The molecule has 1 aliphatic rings. The van der Waals surface area contributed by atoms with E-state index in [-0.39, 0.29) is 5.92 Å². The molecule has 0 saturated heterocycles. The van der Waals surface area contributed by atoms with Crippen molar-refractivity contribution in [1.29, 1.82) is 0 Å². The second-order valence-electron chi connectivity index (χ2n) is 11.2. The van der Waals surface area contributed by atoms with Crippen LogP contribution in [-0.4, -0.2) is 15.0 Å². The van der Waals surface area contributed by atoms with E-state index in [1.54, 1.807) is 0 Å². The Bertz CT molecular complexity index is 2240. The summed E-state index contributed by atoms with van der Waals surface area (Å²) in [5.74, 6) is 2.04. The molecule has 0 bridgehead atoms. The topological polar surface area (TPSA) is 51.8 Å². The summed E-state index contributed by atoms with van der Waals surface area (Å²) >= 11 is 0. The van der Waals surface area contributed by atoms with Gasteiger partial charge in [0.25, 0.3) is 0 Å². The zero-order valence-corrected chi connectivity index (χ0v) is 23.7. The lowest BCUT2D eigenvalue weighted by Crippen LogP contribution is -2.00. The molecule has 0 unspecified atom stereocenters. The highest BCUT2D eigenvalue weighted by Crippen LogP contribution is 2.49. The Kier molecular flexibility index (Phi) is 5.53. The molecule has 6 aromatic carbocycles. The highest BCUT2D eigenvalue weighted by atomic mass is 16.3. The molecule has 1 aliphatic carbocycles. The summed E-state index contributed by atoms with van der Waals surface area (Å²) in [6.45, 7) is 0. The number of furan rings is 1. The Balaban J connectivity index is 1.27. The van der Waals surface area contributed by atoms with E-state index in [2.05, 4.69) is 72.8 Å². The largest absolute Gasteiger partial charge is 0.456 e. The minimum atomic E-state index is 0.149. The second kappa shape index (κ2) is 9.85. The molecule has 0 N–H and O–H groups in total. The van der Waals surface area contributed by atoms with Crippen molar-refractivity contribution in [2.75, 3.05) is 0 Å². The first-order valence-electron chi connectivity index (χ1n) is 14.8. The first-order chi connectivity index (χ1) is 21.8. The van der Waals surface area contributed by atoms with Crippen LogP contribution in [0.25, 0.3) is 67.2 Å². The zero-order valence-electron chi connectivity index (χ0n) is 23.7. The van der Waals surface area contributed by atoms with Crippen molar-refractivity contribution in [3.8, 4) is 45.3 Å². The van der Waals surface area contributed by atoms with Crippen molar-refractivity contribution in [3.63, 3.8) is 0 Å². The Morgan fingerprint density at radius 1 is 0.432 bits per heavy atom. The van der Waals surface area contributed by atoms with Crippen LogP contribution in [0.3, 0.4) is 0 Å². The van der Waals surface area contributed by atoms with Gasteiger partial charge in [-0.15, -0.1) is 0 Å².